The maximum absolute atomic E-state index is 12.7. The predicted molar refractivity (Wildman–Crippen MR) is 229 cm³/mol. The molecule has 10 N–H and O–H groups in total. The van der Waals surface area contributed by atoms with E-state index in [-0.39, 0.29) is 97.6 Å². The molecule has 6 rings (SSSR count). The Kier molecular flexibility index (Phi) is 14.3. The van der Waals surface area contributed by atoms with Gasteiger partial charge < -0.3 is 46.8 Å². The van der Waals surface area contributed by atoms with Gasteiger partial charge in [0.05, 0.1) is 19.8 Å². The van der Waals surface area contributed by atoms with E-state index in [1.807, 2.05) is 24.3 Å². The number of aromatic nitrogens is 6. The molecule has 0 radical (unpaired) electrons. The van der Waals surface area contributed by atoms with Crippen molar-refractivity contribution in [1.82, 2.24) is 29.9 Å². The van der Waals surface area contributed by atoms with Crippen LogP contribution in [0.2, 0.25) is 0 Å². The number of benzene rings is 4. The van der Waals surface area contributed by atoms with Gasteiger partial charge in [-0.2, -0.15) is 46.7 Å². The van der Waals surface area contributed by atoms with E-state index in [0.29, 0.717) is 11.4 Å². The predicted octanol–water partition coefficient (Wildman–Crippen LogP) is 3.89. The molecule has 0 aliphatic rings. The number of anilines is 10. The quantitative estimate of drug-likeness (QED) is 0.0384. The Bertz CT molecular complexity index is 2690. The van der Waals surface area contributed by atoms with E-state index in [0.717, 1.165) is 12.1 Å². The summed E-state index contributed by atoms with van der Waals surface area (Å²) >= 11 is 0. The first-order chi connectivity index (χ1) is 29.3. The fraction of sp³-hybridized carbons (Fsp3) is 0.158. The molecular weight excluding hydrogens is 833 g/mol. The van der Waals surface area contributed by atoms with Gasteiger partial charge in [-0.1, -0.05) is 60.7 Å². The van der Waals surface area contributed by atoms with Crippen molar-refractivity contribution in [1.29, 1.82) is 0 Å². The number of rotatable bonds is 20. The zero-order valence-electron chi connectivity index (χ0n) is 32.0. The average Bonchev–Trinajstić information content (AvgIpc) is 3.22. The van der Waals surface area contributed by atoms with Crippen LogP contribution in [0.15, 0.2) is 107 Å². The highest BCUT2D eigenvalue weighted by Crippen LogP contribution is 2.29. The van der Waals surface area contributed by atoms with Crippen LogP contribution in [-0.2, 0) is 20.2 Å². The summed E-state index contributed by atoms with van der Waals surface area (Å²) in [4.78, 5) is 26.5. The van der Waals surface area contributed by atoms with E-state index in [1.54, 1.807) is 36.4 Å². The van der Waals surface area contributed by atoms with Crippen molar-refractivity contribution in [3.05, 3.63) is 108 Å². The second-order valence-electron chi connectivity index (χ2n) is 12.7. The summed E-state index contributed by atoms with van der Waals surface area (Å²) in [6.07, 6.45) is 2.48. The van der Waals surface area contributed by atoms with E-state index >= 15 is 0 Å². The van der Waals surface area contributed by atoms with Gasteiger partial charge in [0.25, 0.3) is 20.2 Å². The molecule has 23 heteroatoms. The molecule has 6 aromatic rings. The first kappa shape index (κ1) is 43.7. The molecule has 0 unspecified atom stereocenters. The van der Waals surface area contributed by atoms with Crippen LogP contribution in [0.25, 0.3) is 12.2 Å². The van der Waals surface area contributed by atoms with Crippen molar-refractivity contribution < 1.29 is 41.3 Å². The lowest BCUT2D eigenvalue weighted by atomic mass is 10.1. The monoisotopic (exact) mass is 872 g/mol. The number of aliphatic hydroxyl groups is 3. The first-order valence-electron chi connectivity index (χ1n) is 18.2. The van der Waals surface area contributed by atoms with E-state index in [1.165, 1.54) is 41.3 Å². The van der Waals surface area contributed by atoms with Gasteiger partial charge in [0.1, 0.15) is 9.79 Å². The Balaban J connectivity index is 1.29. The fourth-order valence-electron chi connectivity index (χ4n) is 5.59. The van der Waals surface area contributed by atoms with Crippen LogP contribution in [-0.4, -0.2) is 111 Å². The van der Waals surface area contributed by atoms with Gasteiger partial charge in [0.2, 0.25) is 35.7 Å². The number of nitrogens with zero attached hydrogens (tertiary/aromatic N) is 7. The Morgan fingerprint density at radius 3 is 1.28 bits per heavy atom. The Morgan fingerprint density at radius 1 is 0.492 bits per heavy atom. The van der Waals surface area contributed by atoms with Crippen molar-refractivity contribution >= 4 is 90.8 Å². The standard InChI is InChI=1S/C38H40N12O9S2/c51-20-17-39-33-44-34(40-27-7-3-1-4-8-27)46-35(45-33)42-29-15-13-25(31(23-29)60(54,55)56)11-12-26-14-16-30(24-32(26)61(57,58)59)43-37-47-36(41-28-9-5-2-6-10-28)48-38(49-37)50(18-21-52)19-22-53/h1-16,23-24,51-53H,17-22H2,(H,54,55,56)(H,57,58,59)(H2,41,43,47,48,49)(H3,39,40,42,44,45,46). The number of hydrogen-bond donors (Lipinski definition) is 10. The molecular formula is C38H40N12O9S2. The second-order valence-corrected chi connectivity index (χ2v) is 15.5. The summed E-state index contributed by atoms with van der Waals surface area (Å²) in [6, 6.07) is 25.8. The van der Waals surface area contributed by atoms with Gasteiger partial charge in [-0.3, -0.25) is 9.11 Å². The molecule has 0 atom stereocenters. The molecule has 21 nitrogen and oxygen atoms in total. The van der Waals surface area contributed by atoms with Crippen LogP contribution in [0.5, 0.6) is 0 Å². The summed E-state index contributed by atoms with van der Waals surface area (Å²) in [5, 5.41) is 43.2. The molecule has 0 amide bonds. The Hall–Kier alpha value is -6.86. The topological polar surface area (TPSA) is 310 Å². The lowest BCUT2D eigenvalue weighted by Gasteiger charge is -2.21. The van der Waals surface area contributed by atoms with Crippen LogP contribution in [0.1, 0.15) is 11.1 Å². The summed E-state index contributed by atoms with van der Waals surface area (Å²) in [5.74, 6) is 0.319. The van der Waals surface area contributed by atoms with Crippen molar-refractivity contribution in [3.63, 3.8) is 0 Å². The molecule has 0 fully saturated rings. The molecule has 318 valence electrons. The minimum absolute atomic E-state index is 0.0188. The summed E-state index contributed by atoms with van der Waals surface area (Å²) < 4.78 is 71.1. The third-order valence-electron chi connectivity index (χ3n) is 8.27. The van der Waals surface area contributed by atoms with Crippen LogP contribution in [0, 0.1) is 0 Å². The molecule has 4 aromatic carbocycles. The maximum atomic E-state index is 12.7. The third kappa shape index (κ3) is 12.3. The van der Waals surface area contributed by atoms with Crippen LogP contribution in [0.4, 0.5) is 58.4 Å². The molecule has 2 heterocycles. The number of hydrogen-bond acceptors (Lipinski definition) is 19. The minimum Gasteiger partial charge on any atom is -0.395 e. The molecule has 0 spiro atoms. The second kappa shape index (κ2) is 19.9. The Morgan fingerprint density at radius 2 is 0.885 bits per heavy atom. The minimum atomic E-state index is -4.89. The summed E-state index contributed by atoms with van der Waals surface area (Å²) in [5.41, 5.74) is 1.47. The molecule has 0 aliphatic heterocycles. The van der Waals surface area contributed by atoms with E-state index in [2.05, 4.69) is 56.5 Å². The van der Waals surface area contributed by atoms with Crippen LogP contribution in [0.3, 0.4) is 0 Å². The Labute approximate surface area is 349 Å². The van der Waals surface area contributed by atoms with Crippen molar-refractivity contribution in [2.75, 3.05) is 70.9 Å². The number of aliphatic hydroxyl groups excluding tert-OH is 3. The van der Waals surface area contributed by atoms with Gasteiger partial charge in [-0.05, 0) is 59.7 Å². The van der Waals surface area contributed by atoms with Crippen molar-refractivity contribution in [3.8, 4) is 0 Å². The van der Waals surface area contributed by atoms with Gasteiger partial charge >= 0.3 is 0 Å². The highest BCUT2D eigenvalue weighted by atomic mass is 32.2. The van der Waals surface area contributed by atoms with Crippen molar-refractivity contribution in [2.24, 2.45) is 0 Å². The normalized spacial score (nSPS) is 11.6. The van der Waals surface area contributed by atoms with E-state index < -0.39 is 30.0 Å². The molecule has 2 aromatic heterocycles. The number of para-hydroxylation sites is 2. The molecule has 61 heavy (non-hydrogen) atoms. The SMILES string of the molecule is O=S(=O)(O)c1cc(Nc2nc(NCCO)nc(Nc3ccccc3)n2)ccc1C=Cc1ccc(Nc2nc(Nc3ccccc3)nc(N(CCO)CCO)n2)cc1S(=O)(=O)O. The summed E-state index contributed by atoms with van der Waals surface area (Å²) in [7, 11) is -9.76. The van der Waals surface area contributed by atoms with Crippen LogP contribution < -0.4 is 31.5 Å². The lowest BCUT2D eigenvalue weighted by Crippen LogP contribution is -2.31. The fourth-order valence-corrected chi connectivity index (χ4v) is 7.01. The zero-order valence-corrected chi connectivity index (χ0v) is 33.6. The highest BCUT2D eigenvalue weighted by Gasteiger charge is 2.20. The number of nitrogens with one attached hydrogen (secondary N) is 5. The lowest BCUT2D eigenvalue weighted by molar-refractivity contribution is 0.280. The third-order valence-corrected chi connectivity index (χ3v) is 10.1. The maximum Gasteiger partial charge on any atom is 0.295 e. The first-order valence-corrected chi connectivity index (χ1v) is 21.1. The van der Waals surface area contributed by atoms with Gasteiger partial charge in [-0.15, -0.1) is 0 Å². The van der Waals surface area contributed by atoms with Gasteiger partial charge in [0.15, 0.2) is 0 Å². The van der Waals surface area contributed by atoms with E-state index in [9.17, 15) is 41.3 Å². The molecule has 0 bridgehead atoms. The molecule has 0 saturated heterocycles. The zero-order chi connectivity index (χ0) is 43.4. The van der Waals surface area contributed by atoms with E-state index in [4.69, 9.17) is 0 Å². The summed E-state index contributed by atoms with van der Waals surface area (Å²) in [6.45, 7) is -0.447. The highest BCUT2D eigenvalue weighted by molar-refractivity contribution is 7.86. The largest absolute Gasteiger partial charge is 0.395 e. The molecule has 0 aliphatic carbocycles. The van der Waals surface area contributed by atoms with Crippen molar-refractivity contribution in [2.45, 2.75) is 9.79 Å². The molecule has 0 saturated carbocycles. The smallest absolute Gasteiger partial charge is 0.295 e. The van der Waals surface area contributed by atoms with Crippen LogP contribution >= 0.6 is 0 Å². The average molecular weight is 873 g/mol. The van der Waals surface area contributed by atoms with Gasteiger partial charge in [0, 0.05) is 42.4 Å². The van der Waals surface area contributed by atoms with Gasteiger partial charge in [-0.25, -0.2) is 0 Å².